The average Bonchev–Trinajstić information content (AvgIpc) is 3.14. The Balaban J connectivity index is 1.46. The number of methoxy groups -OCH3 is 1. The molecule has 2 amide bonds. The van der Waals surface area contributed by atoms with Gasteiger partial charge in [-0.15, -0.1) is 0 Å². The first-order chi connectivity index (χ1) is 17.7. The van der Waals surface area contributed by atoms with Crippen LogP contribution < -0.4 is 19.7 Å². The number of nitrogens with one attached hydrogen (secondary N) is 1. The molecule has 0 atom stereocenters. The van der Waals surface area contributed by atoms with E-state index in [-0.39, 0.29) is 18.4 Å². The first-order valence-corrected chi connectivity index (χ1v) is 12.9. The molecule has 0 aliphatic carbocycles. The van der Waals surface area contributed by atoms with Gasteiger partial charge in [0.15, 0.2) is 22.4 Å². The Kier molecular flexibility index (Phi) is 8.00. The average molecular weight is 533 g/mol. The van der Waals surface area contributed by atoms with Gasteiger partial charge >= 0.3 is 0 Å². The smallest absolute Gasteiger partial charge is 0.270 e. The molecule has 0 unspecified atom stereocenters. The Morgan fingerprint density at radius 2 is 1.73 bits per heavy atom. The topological polar surface area (TPSA) is 67.9 Å². The van der Waals surface area contributed by atoms with Gasteiger partial charge in [-0.05, 0) is 91.9 Å². The Hall–Kier alpha value is -3.62. The van der Waals surface area contributed by atoms with Gasteiger partial charge in [0.25, 0.3) is 11.8 Å². The zero-order chi connectivity index (χ0) is 26.7. The first kappa shape index (κ1) is 26.4. The molecule has 1 N–H and O–H groups in total. The van der Waals surface area contributed by atoms with Crippen LogP contribution in [0.4, 0.5) is 11.4 Å². The van der Waals surface area contributed by atoms with Crippen molar-refractivity contribution in [2.24, 2.45) is 0 Å². The normalized spacial score (nSPS) is 14.3. The lowest BCUT2D eigenvalue weighted by molar-refractivity contribution is -0.118. The summed E-state index contributed by atoms with van der Waals surface area (Å²) in [7, 11) is 1.53. The maximum atomic E-state index is 13.2. The van der Waals surface area contributed by atoms with Gasteiger partial charge in [0.05, 0.1) is 17.7 Å². The standard InChI is InChI=1S/C29H28N2O4S2/c1-17-6-7-19(3)23(12-17)30-27(32)16-35-24-11-9-21(14-25(24)34-5)15-26-28(33)31(29(36)37-26)22-10-8-18(2)20(4)13-22/h6-15H,16H2,1-5H3,(H,30,32)/b26-15-. The molecule has 190 valence electrons. The van der Waals surface area contributed by atoms with E-state index in [0.29, 0.717) is 20.7 Å². The molecule has 0 bridgehead atoms. The zero-order valence-electron chi connectivity index (χ0n) is 21.4. The lowest BCUT2D eigenvalue weighted by atomic mass is 10.1. The van der Waals surface area contributed by atoms with Crippen molar-refractivity contribution in [2.75, 3.05) is 23.9 Å². The van der Waals surface area contributed by atoms with Crippen molar-refractivity contribution in [2.45, 2.75) is 27.7 Å². The fourth-order valence-electron chi connectivity index (χ4n) is 3.80. The van der Waals surface area contributed by atoms with Crippen LogP contribution >= 0.6 is 24.0 Å². The number of rotatable bonds is 7. The number of carbonyl (C=O) groups excluding carboxylic acids is 2. The monoisotopic (exact) mass is 532 g/mol. The second-order valence-electron chi connectivity index (χ2n) is 8.85. The first-order valence-electron chi connectivity index (χ1n) is 11.7. The highest BCUT2D eigenvalue weighted by Gasteiger charge is 2.33. The molecule has 0 radical (unpaired) electrons. The fraction of sp³-hybridized carbons (Fsp3) is 0.207. The summed E-state index contributed by atoms with van der Waals surface area (Å²) in [5, 5.41) is 2.88. The molecule has 3 aromatic carbocycles. The highest BCUT2D eigenvalue weighted by molar-refractivity contribution is 8.27. The summed E-state index contributed by atoms with van der Waals surface area (Å²) in [6.07, 6.45) is 1.78. The van der Waals surface area contributed by atoms with Crippen molar-refractivity contribution in [1.29, 1.82) is 0 Å². The third-order valence-corrected chi connectivity index (χ3v) is 7.36. The predicted molar refractivity (Wildman–Crippen MR) is 155 cm³/mol. The van der Waals surface area contributed by atoms with Gasteiger partial charge in [-0.1, -0.05) is 48.2 Å². The molecule has 1 saturated heterocycles. The van der Waals surface area contributed by atoms with E-state index in [0.717, 1.165) is 39.2 Å². The molecule has 6 nitrogen and oxygen atoms in total. The van der Waals surface area contributed by atoms with Gasteiger partial charge in [0.2, 0.25) is 0 Å². The molecule has 8 heteroatoms. The second-order valence-corrected chi connectivity index (χ2v) is 10.5. The minimum absolute atomic E-state index is 0.166. The summed E-state index contributed by atoms with van der Waals surface area (Å²) < 4.78 is 11.7. The van der Waals surface area contributed by atoms with Crippen LogP contribution in [0, 0.1) is 27.7 Å². The van der Waals surface area contributed by atoms with Crippen LogP contribution in [0.3, 0.4) is 0 Å². The molecule has 0 aromatic heterocycles. The van der Waals surface area contributed by atoms with Crippen molar-refractivity contribution in [3.8, 4) is 11.5 Å². The van der Waals surface area contributed by atoms with E-state index in [2.05, 4.69) is 5.32 Å². The van der Waals surface area contributed by atoms with Crippen LogP contribution in [-0.2, 0) is 9.59 Å². The summed E-state index contributed by atoms with van der Waals surface area (Å²) in [5.41, 5.74) is 6.56. The lowest BCUT2D eigenvalue weighted by Gasteiger charge is -2.16. The Labute approximate surface area is 226 Å². The number of nitrogens with zero attached hydrogens (tertiary/aromatic N) is 1. The zero-order valence-corrected chi connectivity index (χ0v) is 23.0. The van der Waals surface area contributed by atoms with Crippen LogP contribution in [0.25, 0.3) is 6.08 Å². The number of benzene rings is 3. The van der Waals surface area contributed by atoms with Gasteiger partial charge in [0.1, 0.15) is 0 Å². The number of hydrogen-bond acceptors (Lipinski definition) is 6. The molecule has 37 heavy (non-hydrogen) atoms. The molecule has 0 saturated carbocycles. The van der Waals surface area contributed by atoms with Crippen molar-refractivity contribution in [3.05, 3.63) is 87.3 Å². The Morgan fingerprint density at radius 3 is 2.46 bits per heavy atom. The van der Waals surface area contributed by atoms with E-state index >= 15 is 0 Å². The Morgan fingerprint density at radius 1 is 0.973 bits per heavy atom. The minimum atomic E-state index is -0.269. The summed E-state index contributed by atoms with van der Waals surface area (Å²) in [6, 6.07) is 17.0. The third kappa shape index (κ3) is 6.03. The second kappa shape index (κ2) is 11.2. The number of carbonyl (C=O) groups is 2. The van der Waals surface area contributed by atoms with Crippen molar-refractivity contribution in [1.82, 2.24) is 0 Å². The van der Waals surface area contributed by atoms with Gasteiger partial charge in [0, 0.05) is 5.69 Å². The van der Waals surface area contributed by atoms with Gasteiger partial charge < -0.3 is 14.8 Å². The molecule has 1 heterocycles. The largest absolute Gasteiger partial charge is 0.493 e. The van der Waals surface area contributed by atoms with Crippen molar-refractivity contribution >= 4 is 57.6 Å². The quantitative estimate of drug-likeness (QED) is 0.282. The molecular weight excluding hydrogens is 504 g/mol. The van der Waals surface area contributed by atoms with E-state index < -0.39 is 0 Å². The third-order valence-electron chi connectivity index (χ3n) is 6.05. The maximum absolute atomic E-state index is 13.2. The molecular formula is C29H28N2O4S2. The van der Waals surface area contributed by atoms with Crippen LogP contribution in [0.1, 0.15) is 27.8 Å². The highest BCUT2D eigenvalue weighted by atomic mass is 32.2. The van der Waals surface area contributed by atoms with Crippen LogP contribution in [-0.4, -0.2) is 29.9 Å². The van der Waals surface area contributed by atoms with E-state index in [4.69, 9.17) is 21.7 Å². The highest BCUT2D eigenvalue weighted by Crippen LogP contribution is 2.37. The van der Waals surface area contributed by atoms with Crippen LogP contribution in [0.15, 0.2) is 59.5 Å². The van der Waals surface area contributed by atoms with Crippen LogP contribution in [0.2, 0.25) is 0 Å². The van der Waals surface area contributed by atoms with Gasteiger partial charge in [-0.2, -0.15) is 0 Å². The number of aryl methyl sites for hydroxylation is 4. The maximum Gasteiger partial charge on any atom is 0.270 e. The van der Waals surface area contributed by atoms with E-state index in [1.165, 1.54) is 18.9 Å². The van der Waals surface area contributed by atoms with Gasteiger partial charge in [-0.3, -0.25) is 14.5 Å². The van der Waals surface area contributed by atoms with E-state index in [9.17, 15) is 9.59 Å². The predicted octanol–water partition coefficient (Wildman–Crippen LogP) is 6.35. The van der Waals surface area contributed by atoms with Crippen molar-refractivity contribution < 1.29 is 19.1 Å². The van der Waals surface area contributed by atoms with E-state index in [1.54, 1.807) is 23.1 Å². The number of hydrogen-bond donors (Lipinski definition) is 1. The summed E-state index contributed by atoms with van der Waals surface area (Å²) in [6.45, 7) is 7.78. The molecule has 4 rings (SSSR count). The summed E-state index contributed by atoms with van der Waals surface area (Å²) in [4.78, 5) is 27.7. The van der Waals surface area contributed by atoms with Crippen LogP contribution in [0.5, 0.6) is 11.5 Å². The SMILES string of the molecule is COc1cc(/C=C2\SC(=S)N(c3ccc(C)c(C)c3)C2=O)ccc1OCC(=O)Nc1cc(C)ccc1C. The molecule has 3 aromatic rings. The lowest BCUT2D eigenvalue weighted by Crippen LogP contribution is -2.27. The summed E-state index contributed by atoms with van der Waals surface area (Å²) >= 11 is 6.76. The molecule has 1 aliphatic rings. The van der Waals surface area contributed by atoms with Crippen molar-refractivity contribution in [3.63, 3.8) is 0 Å². The Bertz CT molecular complexity index is 1430. The molecule has 1 aliphatic heterocycles. The minimum Gasteiger partial charge on any atom is -0.493 e. The number of anilines is 2. The van der Waals surface area contributed by atoms with E-state index in [1.807, 2.05) is 70.2 Å². The number of amides is 2. The molecule has 1 fully saturated rings. The molecule has 0 spiro atoms. The number of ether oxygens (including phenoxy) is 2. The van der Waals surface area contributed by atoms with Gasteiger partial charge in [-0.25, -0.2) is 0 Å². The number of thiocarbonyl (C=S) groups is 1. The number of thioether (sulfide) groups is 1. The fourth-order valence-corrected chi connectivity index (χ4v) is 5.10. The summed E-state index contributed by atoms with van der Waals surface area (Å²) in [5.74, 6) is 0.451.